The van der Waals surface area contributed by atoms with Crippen LogP contribution in [-0.2, 0) is 9.59 Å². The van der Waals surface area contributed by atoms with E-state index in [1.807, 2.05) is 4.90 Å². The normalized spacial score (nSPS) is 20.3. The van der Waals surface area contributed by atoms with Crippen molar-refractivity contribution in [1.29, 1.82) is 0 Å². The number of rotatable bonds is 4. The van der Waals surface area contributed by atoms with Gasteiger partial charge < -0.3 is 9.80 Å². The van der Waals surface area contributed by atoms with Crippen LogP contribution in [0.4, 0.5) is 0 Å². The average molecular weight is 412 g/mol. The van der Waals surface area contributed by atoms with E-state index >= 15 is 0 Å². The van der Waals surface area contributed by atoms with Crippen molar-refractivity contribution >= 4 is 23.6 Å². The number of fused-ring (bicyclic) bond motifs is 1. The molecule has 2 heterocycles. The van der Waals surface area contributed by atoms with Crippen LogP contribution < -0.4 is 0 Å². The predicted octanol–water partition coefficient (Wildman–Crippen LogP) is 2.31. The molecule has 0 radical (unpaired) electrons. The fourth-order valence-corrected chi connectivity index (χ4v) is 4.80. The lowest BCUT2D eigenvalue weighted by Gasteiger charge is -2.28. The van der Waals surface area contributed by atoms with Crippen molar-refractivity contribution in [3.8, 4) is 0 Å². The maximum absolute atomic E-state index is 12.8. The number of benzene rings is 1. The highest BCUT2D eigenvalue weighted by Gasteiger charge is 2.35. The Morgan fingerprint density at radius 2 is 1.40 bits per heavy atom. The van der Waals surface area contributed by atoms with Gasteiger partial charge >= 0.3 is 0 Å². The SMILES string of the molecule is O=C(CCN1C(=O)c2ccccc2C1=O)N1CCCN(C(=O)C2CCCCC2)CC1. The second-order valence-electron chi connectivity index (χ2n) is 8.45. The van der Waals surface area contributed by atoms with Crippen LogP contribution in [0.2, 0.25) is 0 Å². The van der Waals surface area contributed by atoms with Gasteiger partial charge in [0, 0.05) is 45.1 Å². The first-order chi connectivity index (χ1) is 14.6. The summed E-state index contributed by atoms with van der Waals surface area (Å²) in [5.41, 5.74) is 0.808. The Kier molecular flexibility index (Phi) is 6.16. The lowest BCUT2D eigenvalue weighted by atomic mass is 9.88. The quantitative estimate of drug-likeness (QED) is 0.713. The summed E-state index contributed by atoms with van der Waals surface area (Å²) in [6.07, 6.45) is 6.33. The summed E-state index contributed by atoms with van der Waals surface area (Å²) in [7, 11) is 0. The molecule has 0 unspecified atom stereocenters. The van der Waals surface area contributed by atoms with Gasteiger partial charge in [-0.25, -0.2) is 0 Å². The number of imide groups is 1. The molecule has 1 aromatic rings. The fraction of sp³-hybridized carbons (Fsp3) is 0.565. The third-order valence-electron chi connectivity index (χ3n) is 6.54. The minimum atomic E-state index is -0.330. The van der Waals surface area contributed by atoms with Crippen molar-refractivity contribution in [1.82, 2.24) is 14.7 Å². The fourth-order valence-electron chi connectivity index (χ4n) is 4.80. The summed E-state index contributed by atoms with van der Waals surface area (Å²) in [6, 6.07) is 6.75. The summed E-state index contributed by atoms with van der Waals surface area (Å²) >= 11 is 0. The molecule has 0 atom stereocenters. The van der Waals surface area contributed by atoms with Gasteiger partial charge in [0.25, 0.3) is 11.8 Å². The molecule has 1 saturated heterocycles. The minimum absolute atomic E-state index is 0.0708. The number of nitrogens with zero attached hydrogens (tertiary/aromatic N) is 3. The predicted molar refractivity (Wildman–Crippen MR) is 111 cm³/mol. The lowest BCUT2D eigenvalue weighted by Crippen LogP contribution is -2.41. The zero-order valence-corrected chi connectivity index (χ0v) is 17.3. The second kappa shape index (κ2) is 8.98. The molecule has 7 nitrogen and oxygen atoms in total. The zero-order valence-electron chi connectivity index (χ0n) is 17.3. The molecule has 0 aromatic heterocycles. The zero-order chi connectivity index (χ0) is 21.1. The van der Waals surface area contributed by atoms with Gasteiger partial charge in [-0.3, -0.25) is 24.1 Å². The first kappa shape index (κ1) is 20.6. The Morgan fingerprint density at radius 3 is 2.07 bits per heavy atom. The Hall–Kier alpha value is -2.70. The van der Waals surface area contributed by atoms with Gasteiger partial charge in [0.2, 0.25) is 11.8 Å². The molecule has 1 saturated carbocycles. The molecule has 7 heteroatoms. The van der Waals surface area contributed by atoms with Crippen LogP contribution in [0.25, 0.3) is 0 Å². The number of carbonyl (C=O) groups is 4. The molecule has 1 aromatic carbocycles. The molecular formula is C23H29N3O4. The number of amides is 4. The van der Waals surface area contributed by atoms with E-state index in [9.17, 15) is 19.2 Å². The van der Waals surface area contributed by atoms with Crippen molar-refractivity contribution in [2.24, 2.45) is 5.92 Å². The highest BCUT2D eigenvalue weighted by molar-refractivity contribution is 6.21. The van der Waals surface area contributed by atoms with Gasteiger partial charge in [-0.15, -0.1) is 0 Å². The van der Waals surface area contributed by atoms with Crippen LogP contribution in [-0.4, -0.2) is 71.1 Å². The highest BCUT2D eigenvalue weighted by Crippen LogP contribution is 2.26. The monoisotopic (exact) mass is 411 g/mol. The first-order valence-electron chi connectivity index (χ1n) is 11.1. The molecule has 4 amide bonds. The molecule has 1 aliphatic carbocycles. The van der Waals surface area contributed by atoms with Crippen molar-refractivity contribution in [3.63, 3.8) is 0 Å². The van der Waals surface area contributed by atoms with Crippen molar-refractivity contribution in [3.05, 3.63) is 35.4 Å². The standard InChI is InChI=1S/C23H29N3O4/c27-20(11-14-26-22(29)18-9-4-5-10-19(18)23(26)30)24-12-6-13-25(16-15-24)21(28)17-7-2-1-3-8-17/h4-5,9-10,17H,1-3,6-8,11-16H2. The molecule has 4 rings (SSSR count). The molecule has 2 fully saturated rings. The molecule has 0 bridgehead atoms. The van der Waals surface area contributed by atoms with Gasteiger partial charge in [-0.05, 0) is 31.4 Å². The van der Waals surface area contributed by atoms with E-state index in [1.165, 1.54) is 11.3 Å². The second-order valence-corrected chi connectivity index (χ2v) is 8.45. The van der Waals surface area contributed by atoms with Crippen LogP contribution in [0.15, 0.2) is 24.3 Å². The minimum Gasteiger partial charge on any atom is -0.341 e. The molecule has 160 valence electrons. The van der Waals surface area contributed by atoms with Gasteiger partial charge in [0.15, 0.2) is 0 Å². The van der Waals surface area contributed by atoms with E-state index in [0.29, 0.717) is 37.3 Å². The van der Waals surface area contributed by atoms with E-state index in [0.717, 1.165) is 32.1 Å². The van der Waals surface area contributed by atoms with Crippen LogP contribution in [0, 0.1) is 5.92 Å². The van der Waals surface area contributed by atoms with Crippen LogP contribution in [0.5, 0.6) is 0 Å². The molecule has 0 N–H and O–H groups in total. The maximum atomic E-state index is 12.8. The maximum Gasteiger partial charge on any atom is 0.261 e. The summed E-state index contributed by atoms with van der Waals surface area (Å²) < 4.78 is 0. The van der Waals surface area contributed by atoms with E-state index in [-0.39, 0.29) is 42.5 Å². The Morgan fingerprint density at radius 1 is 0.800 bits per heavy atom. The Balaban J connectivity index is 1.29. The summed E-state index contributed by atoms with van der Waals surface area (Å²) in [4.78, 5) is 55.3. The Labute approximate surface area is 177 Å². The average Bonchev–Trinajstić information content (AvgIpc) is 2.95. The van der Waals surface area contributed by atoms with E-state index in [1.54, 1.807) is 29.2 Å². The van der Waals surface area contributed by atoms with Gasteiger partial charge in [-0.2, -0.15) is 0 Å². The summed E-state index contributed by atoms with van der Waals surface area (Å²) in [6.45, 7) is 2.47. The van der Waals surface area contributed by atoms with Crippen molar-refractivity contribution in [2.45, 2.75) is 44.9 Å². The molecule has 3 aliphatic rings. The van der Waals surface area contributed by atoms with Crippen molar-refractivity contribution in [2.75, 3.05) is 32.7 Å². The van der Waals surface area contributed by atoms with E-state index < -0.39 is 0 Å². The van der Waals surface area contributed by atoms with Gasteiger partial charge in [-0.1, -0.05) is 31.4 Å². The third kappa shape index (κ3) is 4.11. The number of hydrogen-bond acceptors (Lipinski definition) is 4. The van der Waals surface area contributed by atoms with Crippen LogP contribution in [0.1, 0.15) is 65.7 Å². The van der Waals surface area contributed by atoms with Gasteiger partial charge in [0.05, 0.1) is 11.1 Å². The topological polar surface area (TPSA) is 78.0 Å². The number of carbonyl (C=O) groups excluding carboxylic acids is 4. The smallest absolute Gasteiger partial charge is 0.261 e. The highest BCUT2D eigenvalue weighted by atomic mass is 16.2. The molecule has 0 spiro atoms. The largest absolute Gasteiger partial charge is 0.341 e. The van der Waals surface area contributed by atoms with E-state index in [4.69, 9.17) is 0 Å². The summed E-state index contributed by atoms with van der Waals surface area (Å²) in [5, 5.41) is 0. The van der Waals surface area contributed by atoms with Crippen LogP contribution in [0.3, 0.4) is 0 Å². The summed E-state index contributed by atoms with van der Waals surface area (Å²) in [5.74, 6) is -0.338. The van der Waals surface area contributed by atoms with Crippen LogP contribution >= 0.6 is 0 Å². The molecule has 2 aliphatic heterocycles. The van der Waals surface area contributed by atoms with Gasteiger partial charge in [0.1, 0.15) is 0 Å². The lowest BCUT2D eigenvalue weighted by molar-refractivity contribution is -0.137. The Bertz CT molecular complexity index is 812. The van der Waals surface area contributed by atoms with Crippen molar-refractivity contribution < 1.29 is 19.2 Å². The molecule has 30 heavy (non-hydrogen) atoms. The third-order valence-corrected chi connectivity index (χ3v) is 6.54. The van der Waals surface area contributed by atoms with E-state index in [2.05, 4.69) is 0 Å². The molecular weight excluding hydrogens is 382 g/mol. The number of hydrogen-bond donors (Lipinski definition) is 0. The first-order valence-corrected chi connectivity index (χ1v) is 11.1.